The van der Waals surface area contributed by atoms with Gasteiger partial charge in [-0.15, -0.1) is 0 Å². The van der Waals surface area contributed by atoms with Crippen molar-refractivity contribution in [1.82, 2.24) is 0 Å². The van der Waals surface area contributed by atoms with E-state index in [9.17, 15) is 9.59 Å². The number of carbonyl (C=O) groups is 2. The second-order valence-electron chi connectivity index (χ2n) is 3.59. The van der Waals surface area contributed by atoms with Crippen LogP contribution in [0.2, 0.25) is 0 Å². The zero-order chi connectivity index (χ0) is 12.6. The van der Waals surface area contributed by atoms with Gasteiger partial charge in [0.05, 0.1) is 20.1 Å². The van der Waals surface area contributed by atoms with Crippen LogP contribution in [0.15, 0.2) is 12.2 Å². The summed E-state index contributed by atoms with van der Waals surface area (Å²) in [6.45, 7) is 1.79. The monoisotopic (exact) mass is 230 g/mol. The fourth-order valence-corrected chi connectivity index (χ4v) is 1.12. The number of esters is 2. The number of hydrogen-bond acceptors (Lipinski definition) is 4. The quantitative estimate of drug-likeness (QED) is 0.511. The van der Waals surface area contributed by atoms with Crippen LogP contribution in [0, 0.1) is 5.92 Å². The maximum atomic E-state index is 11.1. The van der Waals surface area contributed by atoms with Crippen molar-refractivity contribution < 1.29 is 24.8 Å². The Morgan fingerprint density at radius 2 is 1.62 bits per heavy atom. The van der Waals surface area contributed by atoms with E-state index in [2.05, 4.69) is 15.2 Å². The third-order valence-corrected chi connectivity index (χ3v) is 2.21. The molecule has 0 radical (unpaired) electrons. The van der Waals surface area contributed by atoms with Gasteiger partial charge in [-0.25, -0.2) is 4.79 Å². The van der Waals surface area contributed by atoms with Crippen molar-refractivity contribution in [2.45, 2.75) is 25.8 Å². The lowest BCUT2D eigenvalue weighted by Crippen LogP contribution is -2.64. The Morgan fingerprint density at radius 3 is 2.12 bits per heavy atom. The van der Waals surface area contributed by atoms with E-state index in [0.717, 1.165) is 0 Å². The molecule has 0 bridgehead atoms. The fraction of sp³-hybridized carbons (Fsp3) is 0.636. The first-order valence-corrected chi connectivity index (χ1v) is 5.16. The number of methoxy groups -OCH3 is 2. The average Bonchev–Trinajstić information content (AvgIpc) is 2.31. The van der Waals surface area contributed by atoms with Crippen molar-refractivity contribution in [3.8, 4) is 0 Å². The first-order chi connectivity index (χ1) is 7.52. The Balaban J connectivity index is 3.86. The van der Waals surface area contributed by atoms with E-state index >= 15 is 0 Å². The van der Waals surface area contributed by atoms with Crippen molar-refractivity contribution in [2.75, 3.05) is 14.2 Å². The number of hydrogen-bond donors (Lipinski definition) is 1. The maximum absolute atomic E-state index is 11.1. The maximum Gasteiger partial charge on any atom is 0.364 e. The highest BCUT2D eigenvalue weighted by molar-refractivity contribution is 5.74. The molecular formula is C11H20NO4+. The highest BCUT2D eigenvalue weighted by atomic mass is 16.5. The van der Waals surface area contributed by atoms with E-state index < -0.39 is 6.04 Å². The zero-order valence-corrected chi connectivity index (χ0v) is 10.1. The van der Waals surface area contributed by atoms with Crippen LogP contribution in [0.4, 0.5) is 0 Å². The van der Waals surface area contributed by atoms with Crippen LogP contribution in [-0.4, -0.2) is 32.2 Å². The molecule has 0 aromatic carbocycles. The van der Waals surface area contributed by atoms with Crippen molar-refractivity contribution >= 4 is 11.9 Å². The third-order valence-electron chi connectivity index (χ3n) is 2.21. The van der Waals surface area contributed by atoms with Crippen LogP contribution in [0.25, 0.3) is 0 Å². The molecule has 5 nitrogen and oxygen atoms in total. The molecule has 0 aromatic rings. The number of quaternary nitrogens is 1. The summed E-state index contributed by atoms with van der Waals surface area (Å²) in [5, 5.41) is 0. The molecule has 0 saturated carbocycles. The minimum absolute atomic E-state index is 0.164. The van der Waals surface area contributed by atoms with Gasteiger partial charge in [-0.2, -0.15) is 0 Å². The van der Waals surface area contributed by atoms with E-state index in [4.69, 9.17) is 0 Å². The summed E-state index contributed by atoms with van der Waals surface area (Å²) in [5.41, 5.74) is 3.66. The van der Waals surface area contributed by atoms with Gasteiger partial charge in [0.25, 0.3) is 0 Å². The molecule has 2 unspecified atom stereocenters. The lowest BCUT2D eigenvalue weighted by atomic mass is 10.1. The molecule has 16 heavy (non-hydrogen) atoms. The van der Waals surface area contributed by atoms with E-state index in [1.165, 1.54) is 14.2 Å². The first-order valence-electron chi connectivity index (χ1n) is 5.16. The number of ether oxygens (including phenoxy) is 2. The molecule has 3 N–H and O–H groups in total. The molecular weight excluding hydrogens is 210 g/mol. The zero-order valence-electron chi connectivity index (χ0n) is 10.1. The highest BCUT2D eigenvalue weighted by Gasteiger charge is 2.15. The fourth-order valence-electron chi connectivity index (χ4n) is 1.12. The molecule has 2 atom stereocenters. The lowest BCUT2D eigenvalue weighted by molar-refractivity contribution is -0.406. The molecule has 0 fully saturated rings. The molecule has 0 spiro atoms. The van der Waals surface area contributed by atoms with Crippen molar-refractivity contribution in [2.24, 2.45) is 5.92 Å². The molecule has 92 valence electrons. The van der Waals surface area contributed by atoms with Crippen LogP contribution in [0.3, 0.4) is 0 Å². The molecule has 5 heteroatoms. The molecule has 0 heterocycles. The largest absolute Gasteiger partial charge is 0.469 e. The van der Waals surface area contributed by atoms with Gasteiger partial charge in [0.1, 0.15) is 0 Å². The van der Waals surface area contributed by atoms with Crippen molar-refractivity contribution in [3.05, 3.63) is 12.2 Å². The lowest BCUT2D eigenvalue weighted by Gasteiger charge is -2.05. The van der Waals surface area contributed by atoms with Crippen LogP contribution in [0.1, 0.15) is 19.8 Å². The minimum Gasteiger partial charge on any atom is -0.469 e. The minimum atomic E-state index is -0.394. The molecule has 0 aliphatic heterocycles. The van der Waals surface area contributed by atoms with Crippen LogP contribution in [-0.2, 0) is 19.1 Å². The summed E-state index contributed by atoms with van der Waals surface area (Å²) in [4.78, 5) is 22.1. The summed E-state index contributed by atoms with van der Waals surface area (Å²) in [6.07, 6.45) is 4.79. The van der Waals surface area contributed by atoms with Gasteiger partial charge in [-0.05, 0) is 6.42 Å². The first kappa shape index (κ1) is 14.6. The van der Waals surface area contributed by atoms with Gasteiger partial charge < -0.3 is 15.2 Å². The molecule has 0 aliphatic rings. The second-order valence-corrected chi connectivity index (χ2v) is 3.59. The summed E-state index contributed by atoms with van der Waals surface area (Å²) >= 11 is 0. The van der Waals surface area contributed by atoms with Gasteiger partial charge in [0, 0.05) is 6.42 Å². The summed E-state index contributed by atoms with van der Waals surface area (Å²) < 4.78 is 9.12. The summed E-state index contributed by atoms with van der Waals surface area (Å²) in [7, 11) is 2.70. The third kappa shape index (κ3) is 5.50. The Labute approximate surface area is 95.6 Å². The van der Waals surface area contributed by atoms with Gasteiger partial charge >= 0.3 is 11.9 Å². The predicted octanol–water partition coefficient (Wildman–Crippen LogP) is -0.0846. The van der Waals surface area contributed by atoms with Crippen LogP contribution in [0.5, 0.6) is 0 Å². The van der Waals surface area contributed by atoms with Gasteiger partial charge in [0.15, 0.2) is 6.04 Å². The number of allylic oxidation sites excluding steroid dienone is 1. The van der Waals surface area contributed by atoms with E-state index in [1.807, 2.05) is 12.2 Å². The Bertz CT molecular complexity index is 237. The second kappa shape index (κ2) is 7.87. The molecule has 0 rings (SSSR count). The van der Waals surface area contributed by atoms with Crippen LogP contribution >= 0.6 is 0 Å². The molecule has 0 saturated heterocycles. The van der Waals surface area contributed by atoms with E-state index in [0.29, 0.717) is 12.8 Å². The van der Waals surface area contributed by atoms with E-state index in [1.54, 1.807) is 6.92 Å². The average molecular weight is 230 g/mol. The predicted molar refractivity (Wildman–Crippen MR) is 58.2 cm³/mol. The van der Waals surface area contributed by atoms with Crippen molar-refractivity contribution in [1.29, 1.82) is 0 Å². The molecule has 0 aromatic heterocycles. The molecule has 0 aliphatic carbocycles. The van der Waals surface area contributed by atoms with Crippen LogP contribution < -0.4 is 5.73 Å². The highest BCUT2D eigenvalue weighted by Crippen LogP contribution is 2.05. The topological polar surface area (TPSA) is 80.2 Å². The Morgan fingerprint density at radius 1 is 1.12 bits per heavy atom. The number of carbonyl (C=O) groups excluding carboxylic acids is 2. The molecule has 0 amide bonds. The van der Waals surface area contributed by atoms with Gasteiger partial charge in [-0.3, -0.25) is 4.79 Å². The van der Waals surface area contributed by atoms with Crippen molar-refractivity contribution in [3.63, 3.8) is 0 Å². The van der Waals surface area contributed by atoms with E-state index in [-0.39, 0.29) is 17.9 Å². The normalized spacial score (nSPS) is 14.5. The smallest absolute Gasteiger partial charge is 0.364 e. The van der Waals surface area contributed by atoms with Gasteiger partial charge in [-0.1, -0.05) is 19.1 Å². The Hall–Kier alpha value is -1.36. The summed E-state index contributed by atoms with van der Waals surface area (Å²) in [5.74, 6) is -0.725. The SMILES string of the molecule is COC(=O)C(C)CC=CCC([NH3+])C(=O)OC. The Kier molecular flexibility index (Phi) is 7.20. The van der Waals surface area contributed by atoms with Gasteiger partial charge in [0.2, 0.25) is 0 Å². The standard InChI is InChI=1S/C11H19NO4/c1-8(10(13)15-2)6-4-5-7-9(12)11(14)16-3/h4-5,8-9H,6-7,12H2,1-3H3/p+1. The number of rotatable bonds is 6. The summed E-state index contributed by atoms with van der Waals surface area (Å²) in [6, 6.07) is -0.394.